The van der Waals surface area contributed by atoms with Crippen molar-refractivity contribution in [1.82, 2.24) is 5.32 Å². The lowest BCUT2D eigenvalue weighted by molar-refractivity contribution is 0.139. The van der Waals surface area contributed by atoms with Crippen LogP contribution in [0.2, 0.25) is 0 Å². The second-order valence-electron chi connectivity index (χ2n) is 5.56. The van der Waals surface area contributed by atoms with Crippen LogP contribution in [0.3, 0.4) is 0 Å². The largest absolute Gasteiger partial charge is 0.490 e. The maximum atomic E-state index is 5.72. The van der Waals surface area contributed by atoms with E-state index in [0.29, 0.717) is 26.4 Å². The van der Waals surface area contributed by atoms with Crippen molar-refractivity contribution in [3.8, 4) is 11.5 Å². The van der Waals surface area contributed by atoms with E-state index >= 15 is 0 Å². The Kier molecular flexibility index (Phi) is 11.4. The third-order valence-corrected chi connectivity index (χ3v) is 3.50. The van der Waals surface area contributed by atoms with E-state index in [1.54, 1.807) is 0 Å². The van der Waals surface area contributed by atoms with Gasteiger partial charge >= 0.3 is 0 Å². The summed E-state index contributed by atoms with van der Waals surface area (Å²) in [7, 11) is 0. The molecular weight excluding hydrogens is 433 g/mol. The van der Waals surface area contributed by atoms with Gasteiger partial charge in [-0.15, -0.1) is 24.0 Å². The van der Waals surface area contributed by atoms with E-state index in [9.17, 15) is 0 Å². The highest BCUT2D eigenvalue weighted by Crippen LogP contribution is 2.32. The van der Waals surface area contributed by atoms with Crippen molar-refractivity contribution in [3.05, 3.63) is 18.2 Å². The summed E-state index contributed by atoms with van der Waals surface area (Å²) in [6.07, 6.45) is 3.15. The Bertz CT molecular complexity index is 526. The van der Waals surface area contributed by atoms with E-state index in [-0.39, 0.29) is 24.0 Å². The second kappa shape index (κ2) is 13.0. The standard InChI is InChI=1S/C18H29N3O3.HI/c1-3-5-10-22-13-9-20-18(19-4-2)21-15-7-8-16-17(14-15)24-12-6-11-23-16;/h7-8,14H,3-6,9-13H2,1-2H3,(H2,19,20,21);1H. The summed E-state index contributed by atoms with van der Waals surface area (Å²) >= 11 is 0. The first-order valence-corrected chi connectivity index (χ1v) is 8.86. The number of rotatable bonds is 8. The molecule has 1 aromatic carbocycles. The number of anilines is 1. The fourth-order valence-corrected chi connectivity index (χ4v) is 2.26. The van der Waals surface area contributed by atoms with Crippen LogP contribution in [0.15, 0.2) is 23.2 Å². The smallest absolute Gasteiger partial charge is 0.195 e. The Balaban J connectivity index is 0.00000312. The van der Waals surface area contributed by atoms with Crippen molar-refractivity contribution < 1.29 is 14.2 Å². The number of halogens is 1. The van der Waals surface area contributed by atoms with Crippen molar-refractivity contribution in [2.24, 2.45) is 4.99 Å². The van der Waals surface area contributed by atoms with Crippen LogP contribution in [0.4, 0.5) is 5.69 Å². The highest BCUT2D eigenvalue weighted by molar-refractivity contribution is 14.0. The molecule has 0 aromatic heterocycles. The zero-order valence-corrected chi connectivity index (χ0v) is 17.5. The van der Waals surface area contributed by atoms with Gasteiger partial charge in [-0.05, 0) is 25.5 Å². The summed E-state index contributed by atoms with van der Waals surface area (Å²) in [5, 5.41) is 6.54. The van der Waals surface area contributed by atoms with Gasteiger partial charge in [0.05, 0.1) is 26.4 Å². The molecule has 7 heteroatoms. The van der Waals surface area contributed by atoms with Crippen LogP contribution in [0, 0.1) is 0 Å². The molecule has 0 atom stereocenters. The molecule has 25 heavy (non-hydrogen) atoms. The number of nitrogens with zero attached hydrogens (tertiary/aromatic N) is 1. The Hall–Kier alpha value is -1.22. The van der Waals surface area contributed by atoms with Crippen LogP contribution < -0.4 is 20.1 Å². The molecule has 2 N–H and O–H groups in total. The summed E-state index contributed by atoms with van der Waals surface area (Å²) < 4.78 is 16.9. The number of nitrogens with one attached hydrogen (secondary N) is 2. The first kappa shape index (κ1) is 21.8. The maximum Gasteiger partial charge on any atom is 0.195 e. The quantitative estimate of drug-likeness (QED) is 0.267. The minimum atomic E-state index is 0. The average Bonchev–Trinajstić information content (AvgIpc) is 2.83. The van der Waals surface area contributed by atoms with Crippen LogP contribution in [0.1, 0.15) is 33.1 Å². The molecule has 0 spiro atoms. The number of unbranched alkanes of at least 4 members (excludes halogenated alkanes) is 1. The van der Waals surface area contributed by atoms with E-state index in [1.165, 1.54) is 0 Å². The Morgan fingerprint density at radius 2 is 1.96 bits per heavy atom. The van der Waals surface area contributed by atoms with Crippen LogP contribution in [-0.4, -0.2) is 45.5 Å². The van der Waals surface area contributed by atoms with E-state index in [1.807, 2.05) is 25.1 Å². The van der Waals surface area contributed by atoms with Crippen LogP contribution in [0.25, 0.3) is 0 Å². The van der Waals surface area contributed by atoms with E-state index in [0.717, 1.165) is 55.6 Å². The summed E-state index contributed by atoms with van der Waals surface area (Å²) in [4.78, 5) is 4.53. The Labute approximate surface area is 167 Å². The number of ether oxygens (including phenoxy) is 3. The molecule has 1 aliphatic rings. The lowest BCUT2D eigenvalue weighted by Crippen LogP contribution is -2.31. The molecule has 0 saturated carbocycles. The zero-order valence-electron chi connectivity index (χ0n) is 15.2. The highest BCUT2D eigenvalue weighted by atomic mass is 127. The molecule has 0 fully saturated rings. The summed E-state index contributed by atoms with van der Waals surface area (Å²) in [6.45, 7) is 8.45. The number of aliphatic imine (C=N–C) groups is 1. The van der Waals surface area contributed by atoms with Crippen LogP contribution in [-0.2, 0) is 4.74 Å². The van der Waals surface area contributed by atoms with Crippen molar-refractivity contribution >= 4 is 35.6 Å². The molecule has 6 nitrogen and oxygen atoms in total. The molecule has 0 bridgehead atoms. The maximum absolute atomic E-state index is 5.72. The monoisotopic (exact) mass is 463 g/mol. The van der Waals surface area contributed by atoms with Gasteiger partial charge in [0.2, 0.25) is 0 Å². The average molecular weight is 463 g/mol. The van der Waals surface area contributed by atoms with Gasteiger partial charge in [0.1, 0.15) is 0 Å². The number of fused-ring (bicyclic) bond motifs is 1. The lowest BCUT2D eigenvalue weighted by atomic mass is 10.3. The predicted octanol–water partition coefficient (Wildman–Crippen LogP) is 3.66. The van der Waals surface area contributed by atoms with Crippen LogP contribution >= 0.6 is 24.0 Å². The number of hydrogen-bond donors (Lipinski definition) is 2. The number of hydrogen-bond acceptors (Lipinski definition) is 4. The summed E-state index contributed by atoms with van der Waals surface area (Å²) in [6, 6.07) is 5.85. The molecular formula is C18H30IN3O3. The van der Waals surface area contributed by atoms with Gasteiger partial charge in [-0.2, -0.15) is 0 Å². The molecule has 2 rings (SSSR count). The summed E-state index contributed by atoms with van der Waals surface area (Å²) in [5.41, 5.74) is 0.922. The fourth-order valence-electron chi connectivity index (χ4n) is 2.26. The summed E-state index contributed by atoms with van der Waals surface area (Å²) in [5.74, 6) is 2.31. The van der Waals surface area contributed by atoms with Gasteiger partial charge in [-0.1, -0.05) is 13.3 Å². The van der Waals surface area contributed by atoms with Gasteiger partial charge in [0.15, 0.2) is 17.5 Å². The first-order valence-electron chi connectivity index (χ1n) is 8.86. The van der Waals surface area contributed by atoms with Crippen molar-refractivity contribution in [1.29, 1.82) is 0 Å². The first-order chi connectivity index (χ1) is 11.8. The third kappa shape index (κ3) is 8.13. The van der Waals surface area contributed by atoms with Gasteiger partial charge in [-0.3, -0.25) is 4.99 Å². The molecule has 1 aromatic rings. The van der Waals surface area contributed by atoms with Crippen LogP contribution in [0.5, 0.6) is 11.5 Å². The lowest BCUT2D eigenvalue weighted by Gasteiger charge is -2.13. The van der Waals surface area contributed by atoms with Gasteiger partial charge in [-0.25, -0.2) is 0 Å². The fraction of sp³-hybridized carbons (Fsp3) is 0.611. The topological polar surface area (TPSA) is 64.1 Å². The van der Waals surface area contributed by atoms with Gasteiger partial charge in [0.25, 0.3) is 0 Å². The molecule has 142 valence electrons. The van der Waals surface area contributed by atoms with E-state index in [2.05, 4.69) is 22.5 Å². The van der Waals surface area contributed by atoms with Crippen molar-refractivity contribution in [2.75, 3.05) is 44.8 Å². The van der Waals surface area contributed by atoms with E-state index < -0.39 is 0 Å². The molecule has 0 saturated heterocycles. The Morgan fingerprint density at radius 3 is 2.72 bits per heavy atom. The van der Waals surface area contributed by atoms with E-state index in [4.69, 9.17) is 14.2 Å². The van der Waals surface area contributed by atoms with Crippen molar-refractivity contribution in [3.63, 3.8) is 0 Å². The molecule has 0 aliphatic carbocycles. The zero-order chi connectivity index (χ0) is 17.0. The Morgan fingerprint density at radius 1 is 1.16 bits per heavy atom. The van der Waals surface area contributed by atoms with Gasteiger partial charge in [0, 0.05) is 31.3 Å². The third-order valence-electron chi connectivity index (χ3n) is 3.50. The number of guanidine groups is 1. The number of benzene rings is 1. The minimum absolute atomic E-state index is 0. The molecule has 1 heterocycles. The molecule has 1 aliphatic heterocycles. The molecule has 0 amide bonds. The van der Waals surface area contributed by atoms with Gasteiger partial charge < -0.3 is 24.8 Å². The second-order valence-corrected chi connectivity index (χ2v) is 5.56. The molecule has 0 radical (unpaired) electrons. The van der Waals surface area contributed by atoms with Crippen molar-refractivity contribution in [2.45, 2.75) is 33.1 Å². The molecule has 0 unspecified atom stereocenters. The predicted molar refractivity (Wildman–Crippen MR) is 113 cm³/mol. The normalized spacial score (nSPS) is 13.6. The highest BCUT2D eigenvalue weighted by Gasteiger charge is 2.11. The minimum Gasteiger partial charge on any atom is -0.490 e. The SMILES string of the molecule is CCCCOCCN=C(NCC)Nc1ccc2c(c1)OCCCO2.I.